The number of allylic oxidation sites excluding steroid dienone is 5. The number of nitrogens with zero attached hydrogens (tertiary/aromatic N) is 2. The minimum absolute atomic E-state index is 1.24. The molecule has 1 aromatic heterocycles. The summed E-state index contributed by atoms with van der Waals surface area (Å²) in [6.07, 6.45) is 10.7. The molecule has 1 aliphatic rings. The van der Waals surface area contributed by atoms with Crippen LogP contribution in [0, 0.1) is 0 Å². The van der Waals surface area contributed by atoms with Crippen LogP contribution in [0.1, 0.15) is 5.69 Å². The summed E-state index contributed by atoms with van der Waals surface area (Å²) in [7, 11) is 6.33. The van der Waals surface area contributed by atoms with E-state index in [0.717, 1.165) is 0 Å². The van der Waals surface area contributed by atoms with Gasteiger partial charge in [0, 0.05) is 26.5 Å². The highest BCUT2D eigenvalue weighted by Gasteiger charge is 2.14. The summed E-state index contributed by atoms with van der Waals surface area (Å²) in [5.41, 5.74) is 5.04. The zero-order chi connectivity index (χ0) is 13.4. The molecule has 0 unspecified atom stereocenters. The zero-order valence-electron chi connectivity index (χ0n) is 11.6. The fourth-order valence-corrected chi connectivity index (χ4v) is 2.67. The fraction of sp³-hybridized carbons (Fsp3) is 0.176. The molecule has 96 valence electrons. The maximum Gasteiger partial charge on any atom is 0.0697 e. The molecular formula is C17H18N2. The van der Waals surface area contributed by atoms with Crippen molar-refractivity contribution in [3.8, 4) is 0 Å². The minimum atomic E-state index is 1.24. The van der Waals surface area contributed by atoms with E-state index in [2.05, 4.69) is 85.3 Å². The van der Waals surface area contributed by atoms with Gasteiger partial charge in [0.05, 0.1) is 16.9 Å². The Morgan fingerprint density at radius 1 is 1.05 bits per heavy atom. The van der Waals surface area contributed by atoms with Gasteiger partial charge in [0.2, 0.25) is 0 Å². The van der Waals surface area contributed by atoms with Crippen molar-refractivity contribution in [2.24, 2.45) is 7.05 Å². The Bertz CT molecular complexity index is 698. The van der Waals surface area contributed by atoms with Crippen molar-refractivity contribution in [3.63, 3.8) is 0 Å². The molecule has 0 saturated heterocycles. The van der Waals surface area contributed by atoms with Crippen molar-refractivity contribution in [2.75, 3.05) is 19.0 Å². The molecule has 2 heteroatoms. The van der Waals surface area contributed by atoms with Crippen LogP contribution in [0.15, 0.2) is 54.1 Å². The lowest BCUT2D eigenvalue weighted by Gasteiger charge is -2.13. The molecule has 0 atom stereocenters. The smallest absolute Gasteiger partial charge is 0.0697 e. The van der Waals surface area contributed by atoms with E-state index in [-0.39, 0.29) is 0 Å². The molecule has 3 rings (SSSR count). The Kier molecular flexibility index (Phi) is 2.79. The predicted octanol–water partition coefficient (Wildman–Crippen LogP) is 3.75. The van der Waals surface area contributed by atoms with Crippen LogP contribution in [0.25, 0.3) is 17.0 Å². The standard InChI is InChI=1S/C17H18N2/c1-18(2)17-14-10-6-7-11-15(14)19(3)16(17)12-13-8-4-5-9-13/h4-12H,1-3H3. The molecule has 0 saturated carbocycles. The minimum Gasteiger partial charge on any atom is -0.375 e. The van der Waals surface area contributed by atoms with Crippen LogP contribution >= 0.6 is 0 Å². The highest BCUT2D eigenvalue weighted by Crippen LogP contribution is 2.34. The lowest BCUT2D eigenvalue weighted by Crippen LogP contribution is -2.10. The van der Waals surface area contributed by atoms with E-state index < -0.39 is 0 Å². The Morgan fingerprint density at radius 2 is 1.74 bits per heavy atom. The van der Waals surface area contributed by atoms with E-state index in [9.17, 15) is 0 Å². The Labute approximate surface area is 114 Å². The van der Waals surface area contributed by atoms with Gasteiger partial charge < -0.3 is 9.47 Å². The average Bonchev–Trinajstić information content (AvgIpc) is 2.98. The third kappa shape index (κ3) is 1.89. The maximum atomic E-state index is 2.26. The third-order valence-electron chi connectivity index (χ3n) is 3.56. The zero-order valence-corrected chi connectivity index (χ0v) is 11.6. The fourth-order valence-electron chi connectivity index (χ4n) is 2.67. The maximum absolute atomic E-state index is 2.26. The quantitative estimate of drug-likeness (QED) is 0.788. The third-order valence-corrected chi connectivity index (χ3v) is 3.56. The van der Waals surface area contributed by atoms with Gasteiger partial charge in [-0.1, -0.05) is 42.5 Å². The van der Waals surface area contributed by atoms with Crippen LogP contribution in [-0.4, -0.2) is 18.7 Å². The lowest BCUT2D eigenvalue weighted by atomic mass is 10.1. The van der Waals surface area contributed by atoms with Crippen molar-refractivity contribution < 1.29 is 0 Å². The van der Waals surface area contributed by atoms with E-state index in [0.29, 0.717) is 0 Å². The van der Waals surface area contributed by atoms with Crippen molar-refractivity contribution in [3.05, 3.63) is 59.8 Å². The summed E-state index contributed by atoms with van der Waals surface area (Å²) in [5.74, 6) is 0. The van der Waals surface area contributed by atoms with Gasteiger partial charge in [0.15, 0.2) is 0 Å². The van der Waals surface area contributed by atoms with E-state index in [4.69, 9.17) is 0 Å². The summed E-state index contributed by atoms with van der Waals surface area (Å²) in [6, 6.07) is 8.55. The molecule has 0 spiro atoms. The first kappa shape index (κ1) is 11.8. The van der Waals surface area contributed by atoms with Crippen molar-refractivity contribution in [2.45, 2.75) is 0 Å². The average molecular weight is 250 g/mol. The van der Waals surface area contributed by atoms with Crippen LogP contribution < -0.4 is 4.90 Å². The van der Waals surface area contributed by atoms with E-state index in [1.807, 2.05) is 0 Å². The van der Waals surface area contributed by atoms with Crippen LogP contribution in [0.2, 0.25) is 0 Å². The number of benzene rings is 1. The molecule has 0 fully saturated rings. The number of aromatic nitrogens is 1. The van der Waals surface area contributed by atoms with Gasteiger partial charge in [-0.15, -0.1) is 0 Å². The molecule has 1 aromatic carbocycles. The van der Waals surface area contributed by atoms with Crippen LogP contribution in [0.5, 0.6) is 0 Å². The number of para-hydroxylation sites is 1. The van der Waals surface area contributed by atoms with Crippen molar-refractivity contribution in [1.29, 1.82) is 0 Å². The number of hydrogen-bond donors (Lipinski definition) is 0. The van der Waals surface area contributed by atoms with Crippen molar-refractivity contribution in [1.82, 2.24) is 4.57 Å². The first-order valence-corrected chi connectivity index (χ1v) is 6.49. The molecule has 0 N–H and O–H groups in total. The summed E-state index contributed by atoms with van der Waals surface area (Å²) in [4.78, 5) is 2.19. The SMILES string of the molecule is CN(C)c1c(C=C2C=CC=C2)n(C)c2ccccc12. The van der Waals surface area contributed by atoms with E-state index in [1.54, 1.807) is 0 Å². The van der Waals surface area contributed by atoms with E-state index >= 15 is 0 Å². The second-order valence-electron chi connectivity index (χ2n) is 5.07. The highest BCUT2D eigenvalue weighted by molar-refractivity contribution is 5.98. The number of anilines is 1. The van der Waals surface area contributed by atoms with Gasteiger partial charge in [-0.2, -0.15) is 0 Å². The van der Waals surface area contributed by atoms with Crippen LogP contribution in [0.3, 0.4) is 0 Å². The monoisotopic (exact) mass is 250 g/mol. The normalized spacial score (nSPS) is 13.5. The Balaban J connectivity index is 2.31. The highest BCUT2D eigenvalue weighted by atomic mass is 15.1. The Hall–Kier alpha value is -2.22. The first-order chi connectivity index (χ1) is 9.18. The van der Waals surface area contributed by atoms with Gasteiger partial charge in [-0.3, -0.25) is 0 Å². The summed E-state index contributed by atoms with van der Waals surface area (Å²) >= 11 is 0. The van der Waals surface area contributed by atoms with Gasteiger partial charge in [-0.05, 0) is 17.7 Å². The summed E-state index contributed by atoms with van der Waals surface area (Å²) in [5, 5.41) is 1.30. The Morgan fingerprint density at radius 3 is 2.42 bits per heavy atom. The molecule has 2 aromatic rings. The van der Waals surface area contributed by atoms with Gasteiger partial charge in [-0.25, -0.2) is 0 Å². The summed E-state index contributed by atoms with van der Waals surface area (Å²) in [6.45, 7) is 0. The molecular weight excluding hydrogens is 232 g/mol. The molecule has 0 radical (unpaired) electrons. The lowest BCUT2D eigenvalue weighted by molar-refractivity contribution is 0.947. The van der Waals surface area contributed by atoms with Crippen molar-refractivity contribution >= 4 is 22.7 Å². The summed E-state index contributed by atoms with van der Waals surface area (Å²) < 4.78 is 2.26. The number of rotatable bonds is 2. The number of fused-ring (bicyclic) bond motifs is 1. The van der Waals surface area contributed by atoms with Gasteiger partial charge >= 0.3 is 0 Å². The second kappa shape index (κ2) is 4.47. The topological polar surface area (TPSA) is 8.17 Å². The molecule has 2 nitrogen and oxygen atoms in total. The molecule has 1 aliphatic carbocycles. The first-order valence-electron chi connectivity index (χ1n) is 6.49. The molecule has 1 heterocycles. The molecule has 19 heavy (non-hydrogen) atoms. The molecule has 0 amide bonds. The molecule has 0 bridgehead atoms. The predicted molar refractivity (Wildman–Crippen MR) is 83.5 cm³/mol. The van der Waals surface area contributed by atoms with Crippen LogP contribution in [0.4, 0.5) is 5.69 Å². The number of hydrogen-bond acceptors (Lipinski definition) is 1. The largest absolute Gasteiger partial charge is 0.375 e. The van der Waals surface area contributed by atoms with Gasteiger partial charge in [0.25, 0.3) is 0 Å². The van der Waals surface area contributed by atoms with Gasteiger partial charge in [0.1, 0.15) is 0 Å². The van der Waals surface area contributed by atoms with E-state index in [1.165, 1.54) is 27.9 Å². The van der Waals surface area contributed by atoms with Crippen LogP contribution in [-0.2, 0) is 7.05 Å². The second-order valence-corrected chi connectivity index (χ2v) is 5.07. The molecule has 0 aliphatic heterocycles. The number of aryl methyl sites for hydroxylation is 1.